The van der Waals surface area contributed by atoms with Crippen LogP contribution in [-0.4, -0.2) is 21.4 Å². The Bertz CT molecular complexity index is 1170. The highest BCUT2D eigenvalue weighted by Crippen LogP contribution is 2.19. The fraction of sp³-hybridized carbons (Fsp3) is 0.111. The molecule has 0 aliphatic rings. The summed E-state index contributed by atoms with van der Waals surface area (Å²) in [5, 5.41) is 5.04. The van der Waals surface area contributed by atoms with Crippen LogP contribution in [0.2, 0.25) is 0 Å². The quantitative estimate of drug-likeness (QED) is 0.645. The fourth-order valence-electron chi connectivity index (χ4n) is 2.58. The molecule has 2 amide bonds. The van der Waals surface area contributed by atoms with E-state index in [1.807, 2.05) is 0 Å². The number of aromatic nitrogens is 2. The summed E-state index contributed by atoms with van der Waals surface area (Å²) in [6, 6.07) is 10.1. The Morgan fingerprint density at radius 2 is 1.85 bits per heavy atom. The second-order valence-electron chi connectivity index (χ2n) is 5.79. The van der Waals surface area contributed by atoms with E-state index in [1.54, 1.807) is 24.3 Å². The average molecular weight is 370 g/mol. The predicted octanol–water partition coefficient (Wildman–Crippen LogP) is 1.43. The zero-order chi connectivity index (χ0) is 19.6. The second-order valence-corrected chi connectivity index (χ2v) is 5.79. The van der Waals surface area contributed by atoms with Gasteiger partial charge in [0.1, 0.15) is 12.4 Å². The SMILES string of the molecule is CC(=O)Nc1cc(NC(=O)Cn2c(=O)[nH]c3ccccc3c2=O)ccc1F. The zero-order valence-electron chi connectivity index (χ0n) is 14.2. The Balaban J connectivity index is 1.85. The van der Waals surface area contributed by atoms with Crippen molar-refractivity contribution in [2.45, 2.75) is 13.5 Å². The van der Waals surface area contributed by atoms with Crippen molar-refractivity contribution >= 4 is 34.1 Å². The number of aromatic amines is 1. The molecule has 0 aliphatic heterocycles. The van der Waals surface area contributed by atoms with Gasteiger partial charge in [-0.05, 0) is 30.3 Å². The number of hydrogen-bond acceptors (Lipinski definition) is 4. The van der Waals surface area contributed by atoms with Crippen LogP contribution >= 0.6 is 0 Å². The van der Waals surface area contributed by atoms with Crippen molar-refractivity contribution in [1.82, 2.24) is 9.55 Å². The first-order valence-corrected chi connectivity index (χ1v) is 7.94. The second kappa shape index (κ2) is 7.24. The summed E-state index contributed by atoms with van der Waals surface area (Å²) < 4.78 is 14.4. The number of rotatable bonds is 4. The standard InChI is InChI=1S/C18H15FN4O4/c1-10(24)20-15-8-11(6-7-13(15)19)21-16(25)9-23-17(26)12-4-2-3-5-14(12)22-18(23)27/h2-8H,9H2,1H3,(H,20,24)(H,21,25)(H,22,27). The van der Waals surface area contributed by atoms with Crippen molar-refractivity contribution in [2.24, 2.45) is 0 Å². The predicted molar refractivity (Wildman–Crippen MR) is 98.2 cm³/mol. The maximum absolute atomic E-state index is 13.7. The summed E-state index contributed by atoms with van der Waals surface area (Å²) in [5.74, 6) is -1.78. The van der Waals surface area contributed by atoms with Crippen LogP contribution in [0.5, 0.6) is 0 Å². The van der Waals surface area contributed by atoms with Crippen LogP contribution in [0.25, 0.3) is 10.9 Å². The maximum atomic E-state index is 13.7. The van der Waals surface area contributed by atoms with Crippen LogP contribution < -0.4 is 21.9 Å². The number of amides is 2. The topological polar surface area (TPSA) is 113 Å². The van der Waals surface area contributed by atoms with Crippen LogP contribution in [0.3, 0.4) is 0 Å². The third-order valence-electron chi connectivity index (χ3n) is 3.75. The molecule has 3 rings (SSSR count). The van der Waals surface area contributed by atoms with Gasteiger partial charge in [-0.3, -0.25) is 19.0 Å². The lowest BCUT2D eigenvalue weighted by molar-refractivity contribution is -0.117. The Morgan fingerprint density at radius 3 is 2.59 bits per heavy atom. The zero-order valence-corrected chi connectivity index (χ0v) is 14.2. The summed E-state index contributed by atoms with van der Waals surface area (Å²) in [6.45, 7) is 0.703. The number of anilines is 2. The lowest BCUT2D eigenvalue weighted by Gasteiger charge is -2.10. The van der Waals surface area contributed by atoms with E-state index >= 15 is 0 Å². The van der Waals surface area contributed by atoms with E-state index in [4.69, 9.17) is 0 Å². The molecule has 2 aromatic carbocycles. The molecular formula is C18H15FN4O4. The molecule has 3 aromatic rings. The van der Waals surface area contributed by atoms with Gasteiger partial charge in [0.25, 0.3) is 5.56 Å². The molecule has 1 aromatic heterocycles. The summed E-state index contributed by atoms with van der Waals surface area (Å²) in [7, 11) is 0. The van der Waals surface area contributed by atoms with Gasteiger partial charge in [0.05, 0.1) is 16.6 Å². The number of halogens is 1. The monoisotopic (exact) mass is 370 g/mol. The molecule has 9 heteroatoms. The molecule has 27 heavy (non-hydrogen) atoms. The van der Waals surface area contributed by atoms with E-state index in [0.29, 0.717) is 5.52 Å². The minimum absolute atomic E-state index is 0.0963. The van der Waals surface area contributed by atoms with Crippen molar-refractivity contribution in [2.75, 3.05) is 10.6 Å². The lowest BCUT2D eigenvalue weighted by Crippen LogP contribution is -2.38. The minimum atomic E-state index is -0.716. The molecule has 8 nitrogen and oxygen atoms in total. The summed E-state index contributed by atoms with van der Waals surface area (Å²) in [5.41, 5.74) is -0.825. The number of carbonyl (C=O) groups excluding carboxylic acids is 2. The Labute approximate surface area is 151 Å². The van der Waals surface area contributed by atoms with Gasteiger partial charge in [0.15, 0.2) is 0 Å². The van der Waals surface area contributed by atoms with Gasteiger partial charge in [-0.2, -0.15) is 0 Å². The van der Waals surface area contributed by atoms with Gasteiger partial charge in [-0.25, -0.2) is 9.18 Å². The van der Waals surface area contributed by atoms with Crippen molar-refractivity contribution in [3.05, 3.63) is 69.1 Å². The van der Waals surface area contributed by atoms with E-state index < -0.39 is 35.4 Å². The highest BCUT2D eigenvalue weighted by Gasteiger charge is 2.12. The first kappa shape index (κ1) is 18.1. The molecule has 0 fully saturated rings. The van der Waals surface area contributed by atoms with Crippen LogP contribution in [0.4, 0.5) is 15.8 Å². The van der Waals surface area contributed by atoms with Gasteiger partial charge in [-0.15, -0.1) is 0 Å². The lowest BCUT2D eigenvalue weighted by atomic mass is 10.2. The highest BCUT2D eigenvalue weighted by atomic mass is 19.1. The molecule has 0 aliphatic carbocycles. The Kier molecular flexibility index (Phi) is 4.84. The molecule has 0 atom stereocenters. The van der Waals surface area contributed by atoms with Crippen LogP contribution in [0.15, 0.2) is 52.1 Å². The van der Waals surface area contributed by atoms with Crippen molar-refractivity contribution in [1.29, 1.82) is 0 Å². The van der Waals surface area contributed by atoms with E-state index in [9.17, 15) is 23.6 Å². The van der Waals surface area contributed by atoms with Gasteiger partial charge in [-0.1, -0.05) is 12.1 Å². The fourth-order valence-corrected chi connectivity index (χ4v) is 2.58. The molecule has 0 unspecified atom stereocenters. The Morgan fingerprint density at radius 1 is 1.11 bits per heavy atom. The summed E-state index contributed by atoms with van der Waals surface area (Å²) in [4.78, 5) is 50.4. The molecule has 0 bridgehead atoms. The number of benzene rings is 2. The van der Waals surface area contributed by atoms with Crippen LogP contribution in [0.1, 0.15) is 6.92 Å². The number of fused-ring (bicyclic) bond motifs is 1. The van der Waals surface area contributed by atoms with Gasteiger partial charge in [0.2, 0.25) is 11.8 Å². The van der Waals surface area contributed by atoms with Crippen molar-refractivity contribution in [3.8, 4) is 0 Å². The molecule has 0 saturated carbocycles. The molecule has 0 radical (unpaired) electrons. The van der Waals surface area contributed by atoms with E-state index in [2.05, 4.69) is 15.6 Å². The molecular weight excluding hydrogens is 355 g/mol. The van der Waals surface area contributed by atoms with Crippen LogP contribution in [-0.2, 0) is 16.1 Å². The molecule has 138 valence electrons. The smallest absolute Gasteiger partial charge is 0.324 e. The number of nitrogens with zero attached hydrogens (tertiary/aromatic N) is 1. The molecule has 0 spiro atoms. The summed E-state index contributed by atoms with van der Waals surface area (Å²) >= 11 is 0. The molecule has 3 N–H and O–H groups in total. The van der Waals surface area contributed by atoms with E-state index in [1.165, 1.54) is 19.1 Å². The number of hydrogen-bond donors (Lipinski definition) is 3. The van der Waals surface area contributed by atoms with Crippen LogP contribution in [0, 0.1) is 5.82 Å². The number of nitrogens with one attached hydrogen (secondary N) is 3. The average Bonchev–Trinajstić information content (AvgIpc) is 2.61. The van der Waals surface area contributed by atoms with Crippen molar-refractivity contribution in [3.63, 3.8) is 0 Å². The third-order valence-corrected chi connectivity index (χ3v) is 3.75. The van der Waals surface area contributed by atoms with Gasteiger partial charge >= 0.3 is 5.69 Å². The minimum Gasteiger partial charge on any atom is -0.324 e. The number of para-hydroxylation sites is 1. The van der Waals surface area contributed by atoms with Crippen molar-refractivity contribution < 1.29 is 14.0 Å². The summed E-state index contributed by atoms with van der Waals surface area (Å²) in [6.07, 6.45) is 0. The molecule has 1 heterocycles. The van der Waals surface area contributed by atoms with Gasteiger partial charge in [0, 0.05) is 12.6 Å². The first-order chi connectivity index (χ1) is 12.8. The molecule has 0 saturated heterocycles. The maximum Gasteiger partial charge on any atom is 0.329 e. The Hall–Kier alpha value is -3.75. The third kappa shape index (κ3) is 3.92. The normalized spacial score (nSPS) is 10.6. The van der Waals surface area contributed by atoms with E-state index in [-0.39, 0.29) is 16.8 Å². The van der Waals surface area contributed by atoms with E-state index in [0.717, 1.165) is 10.6 Å². The number of H-pyrrole nitrogens is 1. The largest absolute Gasteiger partial charge is 0.329 e. The number of carbonyl (C=O) groups is 2. The first-order valence-electron chi connectivity index (χ1n) is 7.94. The van der Waals surface area contributed by atoms with Gasteiger partial charge < -0.3 is 15.6 Å². The highest BCUT2D eigenvalue weighted by molar-refractivity contribution is 5.93.